The third kappa shape index (κ3) is 6.09. The molecule has 1 aliphatic rings. The minimum Gasteiger partial charge on any atom is -0.354 e. The van der Waals surface area contributed by atoms with Crippen molar-refractivity contribution in [2.75, 3.05) is 26.2 Å². The number of carbonyl (C=O) groups excluding carboxylic acids is 2. The fraction of sp³-hybridized carbons (Fsp3) is 0.588. The van der Waals surface area contributed by atoms with Crippen LogP contribution in [0.4, 0.5) is 0 Å². The van der Waals surface area contributed by atoms with Crippen LogP contribution in [-0.2, 0) is 4.79 Å². The van der Waals surface area contributed by atoms with Gasteiger partial charge < -0.3 is 15.5 Å². The Balaban J connectivity index is 1.60. The van der Waals surface area contributed by atoms with Gasteiger partial charge in [0.15, 0.2) is 0 Å². The maximum Gasteiger partial charge on any atom is 0.270 e. The molecule has 1 aliphatic heterocycles. The molecule has 0 bridgehead atoms. The van der Waals surface area contributed by atoms with Crippen molar-refractivity contribution in [2.45, 2.75) is 38.6 Å². The number of quaternary nitrogens is 1. The molecule has 6 nitrogen and oxygen atoms in total. The summed E-state index contributed by atoms with van der Waals surface area (Å²) < 4.78 is 0. The van der Waals surface area contributed by atoms with Crippen LogP contribution < -0.4 is 15.5 Å². The third-order valence-electron chi connectivity index (χ3n) is 4.44. The zero-order valence-electron chi connectivity index (χ0n) is 14.1. The Morgan fingerprint density at radius 1 is 1.38 bits per heavy atom. The van der Waals surface area contributed by atoms with Crippen molar-refractivity contribution in [1.29, 1.82) is 0 Å². The molecule has 0 aromatic carbocycles. The van der Waals surface area contributed by atoms with Gasteiger partial charge in [0, 0.05) is 24.2 Å². The van der Waals surface area contributed by atoms with E-state index in [2.05, 4.69) is 22.5 Å². The molecule has 7 heteroatoms. The average molecular weight is 354 g/mol. The van der Waals surface area contributed by atoms with E-state index in [1.165, 1.54) is 38.1 Å². The Hall–Kier alpha value is -1.66. The number of likely N-dealkylation sites (tertiary alicyclic amines) is 1. The van der Waals surface area contributed by atoms with Crippen LogP contribution >= 0.6 is 11.6 Å². The van der Waals surface area contributed by atoms with E-state index >= 15 is 0 Å². The molecule has 1 saturated heterocycles. The Morgan fingerprint density at radius 3 is 2.96 bits per heavy atom. The summed E-state index contributed by atoms with van der Waals surface area (Å²) >= 11 is 5.81. The number of amides is 2. The molecule has 2 heterocycles. The first-order valence-corrected chi connectivity index (χ1v) is 8.95. The molecule has 1 unspecified atom stereocenters. The van der Waals surface area contributed by atoms with Crippen LogP contribution in [0.3, 0.4) is 0 Å². The molecule has 0 aliphatic carbocycles. The van der Waals surface area contributed by atoms with Crippen molar-refractivity contribution in [3.63, 3.8) is 0 Å². The van der Waals surface area contributed by atoms with Crippen molar-refractivity contribution in [1.82, 2.24) is 15.6 Å². The second-order valence-corrected chi connectivity index (χ2v) is 6.74. The van der Waals surface area contributed by atoms with E-state index in [-0.39, 0.29) is 18.1 Å². The average Bonchev–Trinajstić information content (AvgIpc) is 2.58. The molecule has 1 fully saturated rings. The first-order chi connectivity index (χ1) is 11.6. The molecule has 0 radical (unpaired) electrons. The van der Waals surface area contributed by atoms with Crippen LogP contribution in [0.2, 0.25) is 5.02 Å². The molecule has 24 heavy (non-hydrogen) atoms. The van der Waals surface area contributed by atoms with Gasteiger partial charge in [-0.3, -0.25) is 14.6 Å². The summed E-state index contributed by atoms with van der Waals surface area (Å²) in [4.78, 5) is 29.2. The lowest BCUT2D eigenvalue weighted by Crippen LogP contribution is -3.16. The standard InChI is InChI=1S/C17H25ClN4O2/c1-13-5-2-3-9-22(13)10-4-7-20-16(23)12-21-17(24)15-11-14(18)6-8-19-15/h6,8,11,13H,2-5,7,9-10,12H2,1H3,(H,20,23)(H,21,24)/p+1/t13-/m0/s1. The van der Waals surface area contributed by atoms with E-state index in [1.54, 1.807) is 11.0 Å². The molecule has 3 N–H and O–H groups in total. The number of piperidine rings is 1. The fourth-order valence-electron chi connectivity index (χ4n) is 3.01. The number of nitrogens with zero attached hydrogens (tertiary/aromatic N) is 1. The van der Waals surface area contributed by atoms with Crippen molar-refractivity contribution < 1.29 is 14.5 Å². The zero-order valence-corrected chi connectivity index (χ0v) is 14.9. The lowest BCUT2D eigenvalue weighted by atomic mass is 10.0. The van der Waals surface area contributed by atoms with Gasteiger partial charge in [0.05, 0.1) is 25.7 Å². The number of carbonyl (C=O) groups is 2. The predicted octanol–water partition coefficient (Wildman–Crippen LogP) is 0.428. The Morgan fingerprint density at radius 2 is 2.21 bits per heavy atom. The molecule has 1 aromatic rings. The Labute approximate surface area is 148 Å². The van der Waals surface area contributed by atoms with Crippen molar-refractivity contribution in [3.05, 3.63) is 29.0 Å². The normalized spacial score (nSPS) is 20.4. The Kier molecular flexibility index (Phi) is 7.46. The molecule has 2 atom stereocenters. The number of pyridine rings is 1. The minimum atomic E-state index is -0.403. The van der Waals surface area contributed by atoms with Crippen LogP contribution in [0.1, 0.15) is 43.1 Å². The number of nitrogens with one attached hydrogen (secondary N) is 3. The Bertz CT molecular complexity index is 567. The summed E-state index contributed by atoms with van der Waals surface area (Å²) in [5.41, 5.74) is 0.206. The van der Waals surface area contributed by atoms with Gasteiger partial charge in [-0.25, -0.2) is 0 Å². The summed E-state index contributed by atoms with van der Waals surface area (Å²) in [6.07, 6.45) is 6.35. The van der Waals surface area contributed by atoms with E-state index in [4.69, 9.17) is 11.6 Å². The second kappa shape index (κ2) is 9.59. The van der Waals surface area contributed by atoms with Gasteiger partial charge in [0.25, 0.3) is 5.91 Å². The van der Waals surface area contributed by atoms with Gasteiger partial charge >= 0.3 is 0 Å². The molecular formula is C17H26ClN4O2+. The van der Waals surface area contributed by atoms with Gasteiger partial charge in [-0.15, -0.1) is 0 Å². The van der Waals surface area contributed by atoms with E-state index in [1.807, 2.05) is 0 Å². The number of hydrogen-bond acceptors (Lipinski definition) is 3. The largest absolute Gasteiger partial charge is 0.354 e. The highest BCUT2D eigenvalue weighted by atomic mass is 35.5. The highest BCUT2D eigenvalue weighted by Gasteiger charge is 2.20. The predicted molar refractivity (Wildman–Crippen MR) is 93.2 cm³/mol. The van der Waals surface area contributed by atoms with Crippen molar-refractivity contribution in [2.24, 2.45) is 0 Å². The summed E-state index contributed by atoms with van der Waals surface area (Å²) in [6.45, 7) is 5.20. The highest BCUT2D eigenvalue weighted by molar-refractivity contribution is 6.30. The van der Waals surface area contributed by atoms with E-state index < -0.39 is 5.91 Å². The summed E-state index contributed by atoms with van der Waals surface area (Å²) in [5.74, 6) is -0.591. The van der Waals surface area contributed by atoms with Gasteiger partial charge in [0.2, 0.25) is 5.91 Å². The summed E-state index contributed by atoms with van der Waals surface area (Å²) in [5, 5.41) is 5.83. The highest BCUT2D eigenvalue weighted by Crippen LogP contribution is 2.07. The zero-order chi connectivity index (χ0) is 17.4. The van der Waals surface area contributed by atoms with Gasteiger partial charge in [-0.1, -0.05) is 11.6 Å². The van der Waals surface area contributed by atoms with Crippen LogP contribution in [0.15, 0.2) is 18.3 Å². The lowest BCUT2D eigenvalue weighted by molar-refractivity contribution is -0.928. The molecule has 1 aromatic heterocycles. The number of rotatable bonds is 7. The monoisotopic (exact) mass is 353 g/mol. The molecule has 0 saturated carbocycles. The van der Waals surface area contributed by atoms with E-state index in [0.717, 1.165) is 19.0 Å². The van der Waals surface area contributed by atoms with Crippen molar-refractivity contribution >= 4 is 23.4 Å². The van der Waals surface area contributed by atoms with Gasteiger partial charge in [-0.05, 0) is 38.3 Å². The minimum absolute atomic E-state index is 0.0556. The molecule has 132 valence electrons. The van der Waals surface area contributed by atoms with Crippen LogP contribution in [0.5, 0.6) is 0 Å². The molecule has 2 amide bonds. The molecule has 2 rings (SSSR count). The van der Waals surface area contributed by atoms with Crippen LogP contribution in [0, 0.1) is 0 Å². The van der Waals surface area contributed by atoms with Crippen molar-refractivity contribution in [3.8, 4) is 0 Å². The smallest absolute Gasteiger partial charge is 0.270 e. The SMILES string of the molecule is C[C@H]1CCCC[NH+]1CCCNC(=O)CNC(=O)c1cc(Cl)ccn1. The maximum atomic E-state index is 11.9. The number of aromatic nitrogens is 1. The summed E-state index contributed by atoms with van der Waals surface area (Å²) in [7, 11) is 0. The lowest BCUT2D eigenvalue weighted by Gasteiger charge is -2.30. The van der Waals surface area contributed by atoms with Gasteiger partial charge in [0.1, 0.15) is 5.69 Å². The molecule has 0 spiro atoms. The van der Waals surface area contributed by atoms with Crippen LogP contribution in [0.25, 0.3) is 0 Å². The molecular weight excluding hydrogens is 328 g/mol. The number of halogens is 1. The van der Waals surface area contributed by atoms with Gasteiger partial charge in [-0.2, -0.15) is 0 Å². The summed E-state index contributed by atoms with van der Waals surface area (Å²) in [6, 6.07) is 3.78. The topological polar surface area (TPSA) is 75.5 Å². The number of hydrogen-bond donors (Lipinski definition) is 3. The first-order valence-electron chi connectivity index (χ1n) is 8.57. The van der Waals surface area contributed by atoms with Crippen LogP contribution in [-0.4, -0.2) is 49.0 Å². The van der Waals surface area contributed by atoms with E-state index in [9.17, 15) is 9.59 Å². The maximum absolute atomic E-state index is 11.9. The quantitative estimate of drug-likeness (QED) is 0.622. The fourth-order valence-corrected chi connectivity index (χ4v) is 3.17. The second-order valence-electron chi connectivity index (χ2n) is 6.30. The van der Waals surface area contributed by atoms with E-state index in [0.29, 0.717) is 11.6 Å². The third-order valence-corrected chi connectivity index (χ3v) is 4.68. The first kappa shape index (κ1) is 18.7.